The van der Waals surface area contributed by atoms with Crippen molar-refractivity contribution >= 4 is 5.91 Å². The van der Waals surface area contributed by atoms with Crippen LogP contribution in [0.2, 0.25) is 0 Å². The zero-order valence-electron chi connectivity index (χ0n) is 12.0. The molecule has 1 fully saturated rings. The number of nitrogens with two attached hydrogens (primary N) is 1. The smallest absolute Gasteiger partial charge is 0.264 e. The molecule has 6 nitrogen and oxygen atoms in total. The van der Waals surface area contributed by atoms with Crippen molar-refractivity contribution in [2.24, 2.45) is 11.7 Å². The molecule has 1 heterocycles. The summed E-state index contributed by atoms with van der Waals surface area (Å²) in [4.78, 5) is 23.1. The fourth-order valence-corrected chi connectivity index (χ4v) is 2.91. The molecule has 1 aromatic heterocycles. The number of carbonyl (C=O) groups is 1. The van der Waals surface area contributed by atoms with E-state index in [1.54, 1.807) is 6.07 Å². The summed E-state index contributed by atoms with van der Waals surface area (Å²) in [5, 5.41) is 8.26. The Morgan fingerprint density at radius 3 is 2.95 bits per heavy atom. The van der Waals surface area contributed by atoms with Gasteiger partial charge in [-0.05, 0) is 32.6 Å². The Labute approximate surface area is 118 Å². The van der Waals surface area contributed by atoms with Crippen LogP contribution in [0.25, 0.3) is 0 Å². The molecule has 5 N–H and O–H groups in total. The fourth-order valence-electron chi connectivity index (χ4n) is 2.91. The maximum absolute atomic E-state index is 12.2. The van der Waals surface area contributed by atoms with Crippen LogP contribution in [0.3, 0.4) is 0 Å². The Morgan fingerprint density at radius 2 is 2.30 bits per heavy atom. The highest BCUT2D eigenvalue weighted by atomic mass is 16.2. The summed E-state index contributed by atoms with van der Waals surface area (Å²) in [6, 6.07) is 1.54. The van der Waals surface area contributed by atoms with Crippen molar-refractivity contribution in [3.63, 3.8) is 0 Å². The van der Waals surface area contributed by atoms with Gasteiger partial charge in [-0.15, -0.1) is 0 Å². The van der Waals surface area contributed by atoms with Crippen molar-refractivity contribution in [1.29, 1.82) is 0 Å². The van der Waals surface area contributed by atoms with E-state index in [4.69, 9.17) is 5.73 Å². The van der Waals surface area contributed by atoms with Crippen molar-refractivity contribution < 1.29 is 4.79 Å². The van der Waals surface area contributed by atoms with Gasteiger partial charge in [0, 0.05) is 23.8 Å². The summed E-state index contributed by atoms with van der Waals surface area (Å²) in [5.41, 5.74) is 6.58. The number of amides is 1. The van der Waals surface area contributed by atoms with Crippen LogP contribution in [-0.4, -0.2) is 28.2 Å². The Balaban J connectivity index is 1.73. The summed E-state index contributed by atoms with van der Waals surface area (Å²) in [5.74, 6) is -0.0134. The van der Waals surface area contributed by atoms with Gasteiger partial charge in [0.15, 0.2) is 0 Å². The van der Waals surface area contributed by atoms with Crippen LogP contribution in [0.15, 0.2) is 10.9 Å². The summed E-state index contributed by atoms with van der Waals surface area (Å²) < 4.78 is 0. The van der Waals surface area contributed by atoms with Gasteiger partial charge in [0.05, 0.1) is 5.92 Å². The summed E-state index contributed by atoms with van der Waals surface area (Å²) in [6.07, 6.45) is 5.52. The molecule has 1 saturated carbocycles. The summed E-state index contributed by atoms with van der Waals surface area (Å²) in [7, 11) is 0. The predicted molar refractivity (Wildman–Crippen MR) is 77.3 cm³/mol. The van der Waals surface area contributed by atoms with Gasteiger partial charge in [0.25, 0.3) is 5.56 Å². The summed E-state index contributed by atoms with van der Waals surface area (Å²) >= 11 is 0. The lowest BCUT2D eigenvalue weighted by molar-refractivity contribution is -0.128. The van der Waals surface area contributed by atoms with Gasteiger partial charge in [-0.2, -0.15) is 0 Å². The van der Waals surface area contributed by atoms with Crippen molar-refractivity contribution in [2.45, 2.75) is 51.0 Å². The van der Waals surface area contributed by atoms with Gasteiger partial charge < -0.3 is 16.1 Å². The third-order valence-electron chi connectivity index (χ3n) is 4.14. The first-order chi connectivity index (χ1) is 9.49. The zero-order valence-corrected chi connectivity index (χ0v) is 12.0. The maximum Gasteiger partial charge on any atom is 0.264 e. The standard InChI is InChI=1S/C14H24N4O2/c1-14(15)7-3-2-6-11(14)13(20)16-8-4-5-10-9-12(19)18-17-10/h9,11H,2-8,15H2,1H3,(H,16,20)(H2,17,18,19). The first-order valence-electron chi connectivity index (χ1n) is 7.32. The van der Waals surface area contributed by atoms with Crippen LogP contribution in [0.1, 0.15) is 44.7 Å². The van der Waals surface area contributed by atoms with Crippen molar-refractivity contribution in [1.82, 2.24) is 15.5 Å². The quantitative estimate of drug-likeness (QED) is 0.596. The molecular formula is C14H24N4O2. The van der Waals surface area contributed by atoms with Gasteiger partial charge >= 0.3 is 0 Å². The first kappa shape index (κ1) is 14.8. The third-order valence-corrected chi connectivity index (χ3v) is 4.14. The van der Waals surface area contributed by atoms with Crippen LogP contribution in [0.4, 0.5) is 0 Å². The molecule has 1 aliphatic carbocycles. The van der Waals surface area contributed by atoms with Gasteiger partial charge in [-0.3, -0.25) is 14.7 Å². The Kier molecular flexibility index (Phi) is 4.65. The van der Waals surface area contributed by atoms with Crippen molar-refractivity contribution in [3.05, 3.63) is 22.1 Å². The van der Waals surface area contributed by atoms with Crippen molar-refractivity contribution in [2.75, 3.05) is 6.54 Å². The number of hydrogen-bond donors (Lipinski definition) is 4. The largest absolute Gasteiger partial charge is 0.356 e. The lowest BCUT2D eigenvalue weighted by Crippen LogP contribution is -2.52. The van der Waals surface area contributed by atoms with E-state index in [1.807, 2.05) is 6.92 Å². The SMILES string of the molecule is CC1(N)CCCCC1C(=O)NCCCc1cc(=O)[nH][nH]1. The van der Waals surface area contributed by atoms with E-state index < -0.39 is 0 Å². The van der Waals surface area contributed by atoms with E-state index in [-0.39, 0.29) is 22.9 Å². The van der Waals surface area contributed by atoms with E-state index in [1.165, 1.54) is 0 Å². The zero-order chi connectivity index (χ0) is 14.6. The first-order valence-corrected chi connectivity index (χ1v) is 7.32. The van der Waals surface area contributed by atoms with Crippen LogP contribution in [0.5, 0.6) is 0 Å². The number of aromatic amines is 2. The van der Waals surface area contributed by atoms with Crippen LogP contribution in [-0.2, 0) is 11.2 Å². The number of rotatable bonds is 5. The molecule has 0 radical (unpaired) electrons. The molecule has 20 heavy (non-hydrogen) atoms. The number of hydrogen-bond acceptors (Lipinski definition) is 3. The molecule has 6 heteroatoms. The lowest BCUT2D eigenvalue weighted by Gasteiger charge is -2.37. The minimum absolute atomic E-state index is 0.0669. The van der Waals surface area contributed by atoms with Gasteiger partial charge in [-0.25, -0.2) is 0 Å². The monoisotopic (exact) mass is 280 g/mol. The van der Waals surface area contributed by atoms with E-state index >= 15 is 0 Å². The average molecular weight is 280 g/mol. The van der Waals surface area contributed by atoms with Crippen LogP contribution in [0, 0.1) is 5.92 Å². The topological polar surface area (TPSA) is 104 Å². The Morgan fingerprint density at radius 1 is 1.50 bits per heavy atom. The summed E-state index contributed by atoms with van der Waals surface area (Å²) in [6.45, 7) is 2.58. The maximum atomic E-state index is 12.2. The van der Waals surface area contributed by atoms with Crippen molar-refractivity contribution in [3.8, 4) is 0 Å². The number of aryl methyl sites for hydroxylation is 1. The molecule has 0 saturated heterocycles. The molecule has 2 unspecified atom stereocenters. The number of nitrogens with one attached hydrogen (secondary N) is 3. The second-order valence-corrected chi connectivity index (χ2v) is 5.98. The molecule has 0 aromatic carbocycles. The number of carbonyl (C=O) groups excluding carboxylic acids is 1. The molecule has 1 amide bonds. The molecular weight excluding hydrogens is 256 g/mol. The van der Waals surface area contributed by atoms with Gasteiger partial charge in [0.2, 0.25) is 5.91 Å². The molecule has 1 aromatic rings. The lowest BCUT2D eigenvalue weighted by atomic mass is 9.74. The minimum Gasteiger partial charge on any atom is -0.356 e. The van der Waals surface area contributed by atoms with E-state index in [0.29, 0.717) is 6.54 Å². The Bertz CT molecular complexity index is 503. The van der Waals surface area contributed by atoms with Crippen LogP contribution < -0.4 is 16.6 Å². The predicted octanol–water partition coefficient (Wildman–Crippen LogP) is 0.659. The number of aromatic nitrogens is 2. The highest BCUT2D eigenvalue weighted by molar-refractivity contribution is 5.80. The van der Waals surface area contributed by atoms with E-state index in [9.17, 15) is 9.59 Å². The second-order valence-electron chi connectivity index (χ2n) is 5.98. The Hall–Kier alpha value is -1.56. The molecule has 0 bridgehead atoms. The molecule has 0 aliphatic heterocycles. The molecule has 2 rings (SSSR count). The average Bonchev–Trinajstić information content (AvgIpc) is 2.79. The third kappa shape index (κ3) is 3.72. The minimum atomic E-state index is -0.381. The van der Waals surface area contributed by atoms with E-state index in [2.05, 4.69) is 15.5 Å². The highest BCUT2D eigenvalue weighted by Gasteiger charge is 2.37. The van der Waals surface area contributed by atoms with Gasteiger partial charge in [-0.1, -0.05) is 12.8 Å². The molecule has 2 atom stereocenters. The number of H-pyrrole nitrogens is 2. The normalized spacial score (nSPS) is 26.4. The molecule has 1 aliphatic rings. The highest BCUT2D eigenvalue weighted by Crippen LogP contribution is 2.31. The second kappa shape index (κ2) is 6.26. The fraction of sp³-hybridized carbons (Fsp3) is 0.714. The van der Waals surface area contributed by atoms with Crippen LogP contribution >= 0.6 is 0 Å². The molecule has 112 valence electrons. The molecule has 0 spiro atoms. The van der Waals surface area contributed by atoms with E-state index in [0.717, 1.165) is 44.2 Å². The van der Waals surface area contributed by atoms with Gasteiger partial charge in [0.1, 0.15) is 0 Å².